The number of hydrogen-bond donors (Lipinski definition) is 0. The minimum absolute atomic E-state index is 0.0440. The third-order valence-electron chi connectivity index (χ3n) is 4.42. The Kier molecular flexibility index (Phi) is 6.69. The second kappa shape index (κ2) is 10.0. The number of para-hydroxylation sites is 1. The number of rotatable bonds is 9. The van der Waals surface area contributed by atoms with Crippen LogP contribution >= 0.6 is 11.8 Å². The lowest BCUT2D eigenvalue weighted by Crippen LogP contribution is -2.08. The molecule has 0 unspecified atom stereocenters. The molecule has 0 aliphatic rings. The van der Waals surface area contributed by atoms with Crippen molar-refractivity contribution in [1.29, 1.82) is 0 Å². The molecule has 0 atom stereocenters. The first-order valence-electron chi connectivity index (χ1n) is 9.58. The number of ether oxygens (including phenoxy) is 2. The van der Waals surface area contributed by atoms with Gasteiger partial charge in [0, 0.05) is 0 Å². The number of thioether (sulfide) groups is 1. The largest absolute Gasteiger partial charge is 0.497 e. The van der Waals surface area contributed by atoms with Gasteiger partial charge in [-0.15, -0.1) is 10.2 Å². The SMILES string of the molecule is COc1ccc(OCc2nnc(S/C=C/c3ccc([N+](=O)[O-])o3)n2-c2ccccc2F)cc1. The monoisotopic (exact) mass is 468 g/mol. The molecule has 0 spiro atoms. The molecule has 0 aliphatic heterocycles. The summed E-state index contributed by atoms with van der Waals surface area (Å²) in [5.41, 5.74) is 0.264. The molecule has 0 radical (unpaired) electrons. The molecule has 11 heteroatoms. The number of aromatic nitrogens is 3. The zero-order valence-electron chi connectivity index (χ0n) is 17.3. The number of halogens is 1. The highest BCUT2D eigenvalue weighted by Gasteiger charge is 2.17. The van der Waals surface area contributed by atoms with Gasteiger partial charge in [0.25, 0.3) is 0 Å². The fourth-order valence-electron chi connectivity index (χ4n) is 2.86. The summed E-state index contributed by atoms with van der Waals surface area (Å²) in [6.45, 7) is 0.0440. The minimum Gasteiger partial charge on any atom is -0.497 e. The van der Waals surface area contributed by atoms with Gasteiger partial charge in [-0.3, -0.25) is 14.7 Å². The summed E-state index contributed by atoms with van der Waals surface area (Å²) in [4.78, 5) is 10.1. The van der Waals surface area contributed by atoms with Gasteiger partial charge >= 0.3 is 5.88 Å². The lowest BCUT2D eigenvalue weighted by molar-refractivity contribution is -0.402. The number of benzene rings is 2. The Balaban J connectivity index is 1.57. The topological polar surface area (TPSA) is 105 Å². The summed E-state index contributed by atoms with van der Waals surface area (Å²) in [7, 11) is 1.58. The molecule has 2 aromatic heterocycles. The van der Waals surface area contributed by atoms with Crippen LogP contribution in [0.1, 0.15) is 11.6 Å². The van der Waals surface area contributed by atoms with E-state index in [4.69, 9.17) is 13.9 Å². The van der Waals surface area contributed by atoms with E-state index < -0.39 is 10.7 Å². The van der Waals surface area contributed by atoms with Crippen molar-refractivity contribution in [2.24, 2.45) is 0 Å². The first-order valence-corrected chi connectivity index (χ1v) is 10.5. The summed E-state index contributed by atoms with van der Waals surface area (Å²) in [5.74, 6) is 1.17. The van der Waals surface area contributed by atoms with E-state index in [2.05, 4.69) is 10.2 Å². The molecule has 0 N–H and O–H groups in total. The number of methoxy groups -OCH3 is 1. The average molecular weight is 468 g/mol. The van der Waals surface area contributed by atoms with Crippen molar-refractivity contribution in [3.63, 3.8) is 0 Å². The van der Waals surface area contributed by atoms with Crippen LogP contribution in [0.2, 0.25) is 0 Å². The van der Waals surface area contributed by atoms with Crippen LogP contribution in [0.4, 0.5) is 10.3 Å². The molecule has 9 nitrogen and oxygen atoms in total. The maximum absolute atomic E-state index is 14.6. The molecule has 2 aromatic carbocycles. The zero-order valence-corrected chi connectivity index (χ0v) is 18.1. The van der Waals surface area contributed by atoms with Gasteiger partial charge in [0.05, 0.1) is 18.9 Å². The van der Waals surface area contributed by atoms with E-state index in [1.807, 2.05) is 0 Å². The Bertz CT molecular complexity index is 1290. The molecule has 0 fully saturated rings. The smallest absolute Gasteiger partial charge is 0.433 e. The zero-order chi connectivity index (χ0) is 23.2. The van der Waals surface area contributed by atoms with Crippen LogP contribution in [-0.4, -0.2) is 26.8 Å². The predicted molar refractivity (Wildman–Crippen MR) is 119 cm³/mol. The van der Waals surface area contributed by atoms with Gasteiger partial charge in [0.2, 0.25) is 0 Å². The van der Waals surface area contributed by atoms with Gasteiger partial charge in [0.15, 0.2) is 11.0 Å². The molecule has 4 rings (SSSR count). The molecule has 0 saturated heterocycles. The molecular weight excluding hydrogens is 451 g/mol. The van der Waals surface area contributed by atoms with Crippen LogP contribution in [0, 0.1) is 15.9 Å². The second-order valence-corrected chi connectivity index (χ2v) is 7.38. The van der Waals surface area contributed by atoms with Gasteiger partial charge in [0.1, 0.15) is 34.6 Å². The minimum atomic E-state index is -0.617. The van der Waals surface area contributed by atoms with Gasteiger partial charge in [-0.1, -0.05) is 23.9 Å². The molecule has 33 heavy (non-hydrogen) atoms. The van der Waals surface area contributed by atoms with Gasteiger partial charge in [-0.05, 0) is 53.9 Å². The molecule has 168 valence electrons. The van der Waals surface area contributed by atoms with Crippen LogP contribution in [0.25, 0.3) is 11.8 Å². The summed E-state index contributed by atoms with van der Waals surface area (Å²) in [5, 5.41) is 21.1. The van der Waals surface area contributed by atoms with Crippen molar-refractivity contribution >= 4 is 23.7 Å². The summed E-state index contributed by atoms with van der Waals surface area (Å²) < 4.78 is 32.2. The highest BCUT2D eigenvalue weighted by molar-refractivity contribution is 8.02. The normalized spacial score (nSPS) is 11.1. The van der Waals surface area contributed by atoms with E-state index in [-0.39, 0.29) is 18.2 Å². The third-order valence-corrected chi connectivity index (χ3v) is 5.17. The second-order valence-electron chi connectivity index (χ2n) is 6.50. The maximum atomic E-state index is 14.6. The third kappa shape index (κ3) is 5.21. The van der Waals surface area contributed by atoms with Crippen molar-refractivity contribution in [2.75, 3.05) is 7.11 Å². The molecule has 0 aliphatic carbocycles. The summed E-state index contributed by atoms with van der Waals surface area (Å²) in [6.07, 6.45) is 1.55. The van der Waals surface area contributed by atoms with Crippen molar-refractivity contribution in [3.05, 3.63) is 93.6 Å². The first kappa shape index (κ1) is 22.1. The van der Waals surface area contributed by atoms with Gasteiger partial charge < -0.3 is 13.9 Å². The molecule has 4 aromatic rings. The van der Waals surface area contributed by atoms with E-state index in [0.717, 1.165) is 11.8 Å². The van der Waals surface area contributed by atoms with E-state index in [0.29, 0.717) is 28.2 Å². The van der Waals surface area contributed by atoms with Crippen LogP contribution in [0.3, 0.4) is 0 Å². The molecular formula is C22H17FN4O5S. The van der Waals surface area contributed by atoms with Crippen LogP contribution in [0.15, 0.2) is 75.6 Å². The fraction of sp³-hybridized carbons (Fsp3) is 0.0909. The summed E-state index contributed by atoms with van der Waals surface area (Å²) in [6, 6.07) is 16.0. The van der Waals surface area contributed by atoms with Crippen LogP contribution < -0.4 is 9.47 Å². The quantitative estimate of drug-likeness (QED) is 0.186. The molecule has 0 saturated carbocycles. The maximum Gasteiger partial charge on any atom is 0.433 e. The van der Waals surface area contributed by atoms with E-state index >= 15 is 0 Å². The molecule has 0 bridgehead atoms. The van der Waals surface area contributed by atoms with E-state index in [1.165, 1.54) is 18.2 Å². The van der Waals surface area contributed by atoms with Crippen LogP contribution in [0.5, 0.6) is 11.5 Å². The van der Waals surface area contributed by atoms with Crippen molar-refractivity contribution in [1.82, 2.24) is 14.8 Å². The summed E-state index contributed by atoms with van der Waals surface area (Å²) >= 11 is 1.15. The van der Waals surface area contributed by atoms with Gasteiger partial charge in [-0.2, -0.15) is 0 Å². The van der Waals surface area contributed by atoms with E-state index in [9.17, 15) is 14.5 Å². The highest BCUT2D eigenvalue weighted by Crippen LogP contribution is 2.27. The Hall–Kier alpha value is -4.12. The Labute approximate surface area is 191 Å². The van der Waals surface area contributed by atoms with Gasteiger partial charge in [-0.25, -0.2) is 4.39 Å². The average Bonchev–Trinajstić information content (AvgIpc) is 3.46. The standard InChI is InChI=1S/C22H17FN4O5S/c1-30-15-6-8-16(9-7-15)31-14-20-24-25-22(26(20)19-5-3-2-4-18(19)23)33-13-12-17-10-11-21(32-17)27(28)29/h2-13H,14H2,1H3/b13-12+. The Morgan fingerprint density at radius 2 is 1.88 bits per heavy atom. The highest BCUT2D eigenvalue weighted by atomic mass is 32.2. The lowest BCUT2D eigenvalue weighted by atomic mass is 10.3. The Morgan fingerprint density at radius 1 is 1.12 bits per heavy atom. The van der Waals surface area contributed by atoms with E-state index in [1.54, 1.807) is 65.6 Å². The molecule has 0 amide bonds. The first-order chi connectivity index (χ1) is 16.0. The van der Waals surface area contributed by atoms with Crippen molar-refractivity contribution < 1.29 is 23.2 Å². The fourth-order valence-corrected chi connectivity index (χ4v) is 3.58. The van der Waals surface area contributed by atoms with Crippen molar-refractivity contribution in [3.8, 4) is 17.2 Å². The number of nitro groups is 1. The number of nitrogens with zero attached hydrogens (tertiary/aromatic N) is 4. The molecule has 2 heterocycles. The van der Waals surface area contributed by atoms with Crippen LogP contribution in [-0.2, 0) is 6.61 Å². The van der Waals surface area contributed by atoms with Crippen molar-refractivity contribution in [2.45, 2.75) is 11.8 Å². The lowest BCUT2D eigenvalue weighted by Gasteiger charge is -2.11. The predicted octanol–water partition coefficient (Wildman–Crippen LogP) is 5.26. The number of hydrogen-bond acceptors (Lipinski definition) is 8. The Morgan fingerprint density at radius 3 is 2.58 bits per heavy atom. The number of furan rings is 1.